The zero-order chi connectivity index (χ0) is 18.5. The highest BCUT2D eigenvalue weighted by Crippen LogP contribution is 2.52. The maximum Gasteiger partial charge on any atom is 0.321 e. The van der Waals surface area contributed by atoms with Gasteiger partial charge in [-0.1, -0.05) is 23.7 Å². The third kappa shape index (κ3) is 2.30. The van der Waals surface area contributed by atoms with E-state index in [0.717, 1.165) is 5.56 Å². The molecule has 134 valence electrons. The molecular weight excluding hydrogens is 356 g/mol. The second-order valence-electron chi connectivity index (χ2n) is 6.86. The number of rotatable bonds is 1. The van der Waals surface area contributed by atoms with Gasteiger partial charge in [-0.25, -0.2) is 4.79 Å². The van der Waals surface area contributed by atoms with Crippen molar-refractivity contribution in [3.63, 3.8) is 0 Å². The van der Waals surface area contributed by atoms with Crippen LogP contribution in [0.5, 0.6) is 0 Å². The highest BCUT2D eigenvalue weighted by atomic mass is 35.5. The zero-order valence-electron chi connectivity index (χ0n) is 13.8. The first-order valence-electron chi connectivity index (χ1n) is 8.34. The number of benzene rings is 1. The maximum absolute atomic E-state index is 12.6. The number of allylic oxidation sites excluding steroid dienone is 1. The highest BCUT2D eigenvalue weighted by molar-refractivity contribution is 6.30. The number of nitrogens with two attached hydrogens (primary N) is 1. The van der Waals surface area contributed by atoms with Crippen LogP contribution in [0.3, 0.4) is 0 Å². The summed E-state index contributed by atoms with van der Waals surface area (Å²) in [6.07, 6.45) is 0.449. The van der Waals surface area contributed by atoms with E-state index in [0.29, 0.717) is 30.2 Å². The molecule has 0 unspecified atom stereocenters. The minimum Gasteiger partial charge on any atom is -0.400 e. The Morgan fingerprint density at radius 3 is 2.73 bits per heavy atom. The molecule has 3 aliphatic rings. The van der Waals surface area contributed by atoms with Gasteiger partial charge in [0.1, 0.15) is 5.92 Å². The molecule has 1 aromatic carbocycles. The van der Waals surface area contributed by atoms with Crippen LogP contribution in [-0.4, -0.2) is 30.7 Å². The summed E-state index contributed by atoms with van der Waals surface area (Å²) in [7, 11) is 0. The second kappa shape index (κ2) is 6.01. The zero-order valence-corrected chi connectivity index (χ0v) is 14.5. The number of hydrogen-bond acceptors (Lipinski definition) is 5. The van der Waals surface area contributed by atoms with E-state index < -0.39 is 23.4 Å². The van der Waals surface area contributed by atoms with Gasteiger partial charge in [-0.05, 0) is 24.1 Å². The summed E-state index contributed by atoms with van der Waals surface area (Å²) >= 11 is 6.00. The van der Waals surface area contributed by atoms with Crippen LogP contribution in [0, 0.1) is 23.2 Å². The van der Waals surface area contributed by atoms with Crippen molar-refractivity contribution in [3.8, 4) is 6.07 Å². The maximum atomic E-state index is 12.6. The van der Waals surface area contributed by atoms with Gasteiger partial charge in [0.2, 0.25) is 5.91 Å². The number of carbonyl (C=O) groups is 2. The average molecular weight is 373 g/mol. The topological polar surface area (TPSA) is 117 Å². The van der Waals surface area contributed by atoms with E-state index in [4.69, 9.17) is 22.1 Å². The minimum absolute atomic E-state index is 0.211. The van der Waals surface area contributed by atoms with Gasteiger partial charge in [0, 0.05) is 29.2 Å². The molecule has 1 aromatic rings. The van der Waals surface area contributed by atoms with Crippen LogP contribution >= 0.6 is 11.6 Å². The highest BCUT2D eigenvalue weighted by Gasteiger charge is 2.61. The number of hydrogen-bond donors (Lipinski definition) is 3. The molecule has 7 nitrogen and oxygen atoms in total. The van der Waals surface area contributed by atoms with Crippen LogP contribution in [0.4, 0.5) is 4.79 Å². The van der Waals surface area contributed by atoms with Crippen molar-refractivity contribution in [3.05, 3.63) is 46.1 Å². The lowest BCUT2D eigenvalue weighted by Crippen LogP contribution is -2.74. The van der Waals surface area contributed by atoms with Crippen molar-refractivity contribution in [2.75, 3.05) is 13.2 Å². The molecular formula is C18H17ClN4O3. The molecule has 3 amide bonds. The van der Waals surface area contributed by atoms with E-state index in [-0.39, 0.29) is 17.5 Å². The fraction of sp³-hybridized carbons (Fsp3) is 0.389. The molecule has 26 heavy (non-hydrogen) atoms. The van der Waals surface area contributed by atoms with Gasteiger partial charge >= 0.3 is 6.03 Å². The molecule has 2 heterocycles. The first-order valence-corrected chi connectivity index (χ1v) is 8.71. The number of halogens is 1. The Labute approximate surface area is 155 Å². The molecule has 0 aromatic heterocycles. The van der Waals surface area contributed by atoms with Crippen LogP contribution < -0.4 is 16.4 Å². The predicted octanol–water partition coefficient (Wildman–Crippen LogP) is 1.40. The number of nitrogens with one attached hydrogen (secondary N) is 2. The first-order chi connectivity index (χ1) is 12.5. The van der Waals surface area contributed by atoms with Gasteiger partial charge in [-0.2, -0.15) is 5.26 Å². The van der Waals surface area contributed by atoms with E-state index in [9.17, 15) is 14.9 Å². The van der Waals surface area contributed by atoms with E-state index >= 15 is 0 Å². The summed E-state index contributed by atoms with van der Waals surface area (Å²) in [4.78, 5) is 24.7. The molecule has 0 radical (unpaired) electrons. The number of nitriles is 1. The molecule has 1 aliphatic carbocycles. The Bertz CT molecular complexity index is 860. The van der Waals surface area contributed by atoms with Crippen molar-refractivity contribution in [1.82, 2.24) is 10.6 Å². The van der Waals surface area contributed by atoms with Gasteiger partial charge < -0.3 is 15.8 Å². The molecule has 0 bridgehead atoms. The van der Waals surface area contributed by atoms with Crippen LogP contribution in [0.15, 0.2) is 35.5 Å². The lowest BCUT2D eigenvalue weighted by molar-refractivity contribution is -0.132. The van der Waals surface area contributed by atoms with Crippen molar-refractivity contribution in [2.45, 2.75) is 17.9 Å². The van der Waals surface area contributed by atoms with Crippen molar-refractivity contribution < 1.29 is 14.3 Å². The number of amides is 3. The molecule has 1 spiro atoms. The number of imide groups is 1. The summed E-state index contributed by atoms with van der Waals surface area (Å²) in [6.45, 7) is 0.721. The van der Waals surface area contributed by atoms with Gasteiger partial charge in [0.05, 0.1) is 23.8 Å². The number of ether oxygens (including phenoxy) is 1. The molecule has 0 saturated carbocycles. The summed E-state index contributed by atoms with van der Waals surface area (Å²) in [5, 5.41) is 15.6. The van der Waals surface area contributed by atoms with E-state index in [1.54, 1.807) is 12.1 Å². The normalized spacial score (nSPS) is 33.5. The Kier molecular flexibility index (Phi) is 3.90. The lowest BCUT2D eigenvalue weighted by Gasteiger charge is -2.55. The SMILES string of the molecule is N#CC1=C(N)[C@@H]2C(=O)NC(=O)N[C@@]23CCOC[C@@H]3[C@H]1c1ccc(Cl)cc1. The average Bonchev–Trinajstić information content (AvgIpc) is 2.60. The van der Waals surface area contributed by atoms with Gasteiger partial charge in [0.15, 0.2) is 0 Å². The lowest BCUT2D eigenvalue weighted by atomic mass is 9.57. The molecule has 4 rings (SSSR count). The Morgan fingerprint density at radius 2 is 2.04 bits per heavy atom. The summed E-state index contributed by atoms with van der Waals surface area (Å²) in [5.41, 5.74) is 6.85. The third-order valence-corrected chi connectivity index (χ3v) is 5.92. The Morgan fingerprint density at radius 1 is 1.31 bits per heavy atom. The molecule has 2 fully saturated rings. The van der Waals surface area contributed by atoms with Crippen molar-refractivity contribution in [1.29, 1.82) is 5.26 Å². The summed E-state index contributed by atoms with van der Waals surface area (Å²) in [6, 6.07) is 8.81. The monoisotopic (exact) mass is 372 g/mol. The quantitative estimate of drug-likeness (QED) is 0.688. The van der Waals surface area contributed by atoms with E-state index in [2.05, 4.69) is 16.7 Å². The first kappa shape index (κ1) is 16.9. The van der Waals surface area contributed by atoms with Gasteiger partial charge in [-0.15, -0.1) is 0 Å². The van der Waals surface area contributed by atoms with Crippen LogP contribution in [0.25, 0.3) is 0 Å². The van der Waals surface area contributed by atoms with Crippen LogP contribution in [0.1, 0.15) is 17.9 Å². The molecule has 4 atom stereocenters. The number of urea groups is 1. The molecule has 4 N–H and O–H groups in total. The van der Waals surface area contributed by atoms with Crippen molar-refractivity contribution >= 4 is 23.5 Å². The van der Waals surface area contributed by atoms with Crippen LogP contribution in [0.2, 0.25) is 5.02 Å². The largest absolute Gasteiger partial charge is 0.400 e. The molecule has 2 aliphatic heterocycles. The number of carbonyl (C=O) groups excluding carboxylic acids is 2. The minimum atomic E-state index is -0.869. The fourth-order valence-electron chi connectivity index (χ4n) is 4.58. The Hall–Kier alpha value is -2.56. The predicted molar refractivity (Wildman–Crippen MR) is 92.8 cm³/mol. The molecule has 8 heteroatoms. The Balaban J connectivity index is 1.94. The van der Waals surface area contributed by atoms with Gasteiger partial charge in [0.25, 0.3) is 0 Å². The van der Waals surface area contributed by atoms with E-state index in [1.807, 2.05) is 12.1 Å². The van der Waals surface area contributed by atoms with Crippen molar-refractivity contribution in [2.24, 2.45) is 17.6 Å². The summed E-state index contributed by atoms with van der Waals surface area (Å²) in [5.74, 6) is -1.94. The van der Waals surface area contributed by atoms with E-state index in [1.165, 1.54) is 0 Å². The summed E-state index contributed by atoms with van der Waals surface area (Å²) < 4.78 is 5.67. The fourth-order valence-corrected chi connectivity index (χ4v) is 4.71. The van der Waals surface area contributed by atoms with Crippen LogP contribution in [-0.2, 0) is 9.53 Å². The standard InChI is InChI=1S/C18H17ClN4O3/c19-10-3-1-9(2-4-10)13-11(7-20)15(21)14-16(24)22-17(25)23-18(14)5-6-26-8-12(13)18/h1-4,12-14H,5-6,8,21H2,(H2,22,23,24,25)/t12-,13+,14-,18-/m1/s1. The smallest absolute Gasteiger partial charge is 0.321 e. The van der Waals surface area contributed by atoms with Gasteiger partial charge in [-0.3, -0.25) is 10.1 Å². The third-order valence-electron chi connectivity index (χ3n) is 5.66. The molecule has 2 saturated heterocycles. The second-order valence-corrected chi connectivity index (χ2v) is 7.29. The number of nitrogens with zero attached hydrogens (tertiary/aromatic N) is 1.